The van der Waals surface area contributed by atoms with E-state index in [2.05, 4.69) is 0 Å². The van der Waals surface area contributed by atoms with Gasteiger partial charge in [-0.2, -0.15) is 0 Å². The summed E-state index contributed by atoms with van der Waals surface area (Å²) in [6, 6.07) is 8.65. The lowest BCUT2D eigenvalue weighted by Gasteiger charge is -2.12. The van der Waals surface area contributed by atoms with Gasteiger partial charge in [-0.15, -0.1) is 0 Å². The molecular formula is C13H10ClFO4. The van der Waals surface area contributed by atoms with E-state index in [0.717, 1.165) is 0 Å². The summed E-state index contributed by atoms with van der Waals surface area (Å²) in [6.07, 6.45) is 0. The lowest BCUT2D eigenvalue weighted by atomic mass is 10.1. The predicted octanol–water partition coefficient (Wildman–Crippen LogP) is 3.32. The average molecular weight is 285 g/mol. The molecule has 2 rings (SSSR count). The molecule has 2 aromatic rings. The van der Waals surface area contributed by atoms with Gasteiger partial charge in [0.05, 0.1) is 0 Å². The van der Waals surface area contributed by atoms with Crippen LogP contribution >= 0.6 is 11.6 Å². The van der Waals surface area contributed by atoms with Crippen LogP contribution in [0.2, 0.25) is 5.22 Å². The Hall–Kier alpha value is -2.01. The molecule has 0 amide bonds. The summed E-state index contributed by atoms with van der Waals surface area (Å²) in [7, 11) is 0. The molecule has 100 valence electrons. The van der Waals surface area contributed by atoms with Crippen LogP contribution in [0.5, 0.6) is 5.75 Å². The van der Waals surface area contributed by atoms with Crippen molar-refractivity contribution in [1.29, 1.82) is 0 Å². The van der Waals surface area contributed by atoms with E-state index in [-0.39, 0.29) is 23.3 Å². The van der Waals surface area contributed by atoms with Gasteiger partial charge in [0.2, 0.25) is 0 Å². The first-order valence-corrected chi connectivity index (χ1v) is 5.81. The standard InChI is InChI=1S/C13H10ClFO4/c14-12-6-5-10(19-12)8(13(16)17)7-18-11-4-2-1-3-9(11)15/h1-6,8H,7H2,(H,16,17). The third-order valence-corrected chi connectivity index (χ3v) is 2.68. The van der Waals surface area contributed by atoms with Crippen molar-refractivity contribution < 1.29 is 23.4 Å². The molecule has 1 aromatic heterocycles. The van der Waals surface area contributed by atoms with E-state index in [1.165, 1.54) is 30.3 Å². The Kier molecular flexibility index (Phi) is 4.06. The summed E-state index contributed by atoms with van der Waals surface area (Å²) in [5.74, 6) is -2.58. The second-order valence-corrected chi connectivity index (χ2v) is 4.15. The number of ether oxygens (including phenoxy) is 1. The number of halogens is 2. The number of carboxylic acids is 1. The van der Waals surface area contributed by atoms with Crippen molar-refractivity contribution in [1.82, 2.24) is 0 Å². The first kappa shape index (κ1) is 13.4. The molecule has 1 atom stereocenters. The van der Waals surface area contributed by atoms with Crippen LogP contribution in [-0.4, -0.2) is 17.7 Å². The zero-order chi connectivity index (χ0) is 13.8. The predicted molar refractivity (Wildman–Crippen MR) is 66.0 cm³/mol. The van der Waals surface area contributed by atoms with Crippen molar-refractivity contribution >= 4 is 17.6 Å². The minimum absolute atomic E-state index is 0.00796. The summed E-state index contributed by atoms with van der Waals surface area (Å²) in [5, 5.41) is 9.20. The molecule has 1 aromatic carbocycles. The van der Waals surface area contributed by atoms with Gasteiger partial charge in [0.15, 0.2) is 16.8 Å². The molecule has 6 heteroatoms. The van der Waals surface area contributed by atoms with Crippen LogP contribution in [-0.2, 0) is 4.79 Å². The summed E-state index contributed by atoms with van der Waals surface area (Å²) in [5.41, 5.74) is 0. The van der Waals surface area contributed by atoms with Crippen LogP contribution in [0.15, 0.2) is 40.8 Å². The van der Waals surface area contributed by atoms with Crippen molar-refractivity contribution in [3.05, 3.63) is 53.2 Å². The van der Waals surface area contributed by atoms with Crippen molar-refractivity contribution in [2.24, 2.45) is 0 Å². The fourth-order valence-corrected chi connectivity index (χ4v) is 1.68. The fraction of sp³-hybridized carbons (Fsp3) is 0.154. The second kappa shape index (κ2) is 5.75. The van der Waals surface area contributed by atoms with Crippen LogP contribution in [0.4, 0.5) is 4.39 Å². The van der Waals surface area contributed by atoms with Gasteiger partial charge >= 0.3 is 5.97 Å². The molecule has 0 aliphatic rings. The molecule has 0 fully saturated rings. The van der Waals surface area contributed by atoms with Gasteiger partial charge in [-0.1, -0.05) is 12.1 Å². The maximum atomic E-state index is 13.3. The molecule has 0 aliphatic carbocycles. The van der Waals surface area contributed by atoms with Gasteiger partial charge in [-0.05, 0) is 35.9 Å². The summed E-state index contributed by atoms with van der Waals surface area (Å²) >= 11 is 5.59. The highest BCUT2D eigenvalue weighted by Gasteiger charge is 2.24. The van der Waals surface area contributed by atoms with Gasteiger partial charge in [-0.25, -0.2) is 4.39 Å². The van der Waals surface area contributed by atoms with Gasteiger partial charge in [0.1, 0.15) is 18.3 Å². The lowest BCUT2D eigenvalue weighted by molar-refractivity contribution is -0.140. The number of carboxylic acid groups (broad SMARTS) is 1. The zero-order valence-corrected chi connectivity index (χ0v) is 10.4. The van der Waals surface area contributed by atoms with E-state index >= 15 is 0 Å². The molecule has 0 spiro atoms. The first-order chi connectivity index (χ1) is 9.08. The number of rotatable bonds is 5. The van der Waals surface area contributed by atoms with E-state index in [1.54, 1.807) is 6.07 Å². The number of para-hydroxylation sites is 1. The third-order valence-electron chi connectivity index (χ3n) is 2.48. The number of benzene rings is 1. The van der Waals surface area contributed by atoms with Crippen LogP contribution < -0.4 is 4.74 Å². The minimum Gasteiger partial charge on any atom is -0.489 e. The molecule has 1 heterocycles. The maximum Gasteiger partial charge on any atom is 0.317 e. The highest BCUT2D eigenvalue weighted by atomic mass is 35.5. The number of furan rings is 1. The Morgan fingerprint density at radius 2 is 2.11 bits per heavy atom. The van der Waals surface area contributed by atoms with Crippen molar-refractivity contribution in [3.8, 4) is 5.75 Å². The van der Waals surface area contributed by atoms with E-state index in [9.17, 15) is 9.18 Å². The Bertz CT molecular complexity index is 582. The monoisotopic (exact) mass is 284 g/mol. The highest BCUT2D eigenvalue weighted by molar-refractivity contribution is 6.28. The number of aliphatic carboxylic acids is 1. The Labute approximate surface area is 113 Å². The molecule has 0 saturated heterocycles. The van der Waals surface area contributed by atoms with Crippen molar-refractivity contribution in [2.45, 2.75) is 5.92 Å². The third kappa shape index (κ3) is 3.26. The second-order valence-electron chi connectivity index (χ2n) is 3.77. The maximum absolute atomic E-state index is 13.3. The van der Waals surface area contributed by atoms with Gasteiger partial charge in [0, 0.05) is 0 Å². The lowest BCUT2D eigenvalue weighted by Crippen LogP contribution is -2.19. The largest absolute Gasteiger partial charge is 0.489 e. The van der Waals surface area contributed by atoms with Crippen LogP contribution in [0.1, 0.15) is 11.7 Å². The van der Waals surface area contributed by atoms with Crippen LogP contribution in [0.3, 0.4) is 0 Å². The molecule has 0 bridgehead atoms. The van der Waals surface area contributed by atoms with Crippen LogP contribution in [0, 0.1) is 5.82 Å². The molecule has 19 heavy (non-hydrogen) atoms. The first-order valence-electron chi connectivity index (χ1n) is 5.43. The number of hydrogen-bond donors (Lipinski definition) is 1. The van der Waals surface area contributed by atoms with Gasteiger partial charge < -0.3 is 14.3 Å². The number of carbonyl (C=O) groups is 1. The summed E-state index contributed by atoms with van der Waals surface area (Å²) < 4.78 is 23.5. The molecule has 1 unspecified atom stereocenters. The SMILES string of the molecule is O=C(O)C(COc1ccccc1F)c1ccc(Cl)o1. The quantitative estimate of drug-likeness (QED) is 0.915. The summed E-state index contributed by atoms with van der Waals surface area (Å²) in [6.45, 7) is -0.250. The Morgan fingerprint density at radius 3 is 2.68 bits per heavy atom. The topological polar surface area (TPSA) is 59.7 Å². The highest BCUT2D eigenvalue weighted by Crippen LogP contribution is 2.24. The smallest absolute Gasteiger partial charge is 0.317 e. The zero-order valence-electron chi connectivity index (χ0n) is 9.68. The molecule has 0 radical (unpaired) electrons. The molecule has 1 N–H and O–H groups in total. The Balaban J connectivity index is 2.10. The molecule has 0 aliphatic heterocycles. The van der Waals surface area contributed by atoms with E-state index in [1.807, 2.05) is 0 Å². The van der Waals surface area contributed by atoms with E-state index < -0.39 is 17.7 Å². The van der Waals surface area contributed by atoms with Crippen molar-refractivity contribution in [3.63, 3.8) is 0 Å². The van der Waals surface area contributed by atoms with Gasteiger partial charge in [-0.3, -0.25) is 4.79 Å². The number of hydrogen-bond acceptors (Lipinski definition) is 3. The van der Waals surface area contributed by atoms with Gasteiger partial charge in [0.25, 0.3) is 0 Å². The Morgan fingerprint density at radius 1 is 1.37 bits per heavy atom. The summed E-state index contributed by atoms with van der Waals surface area (Å²) in [4.78, 5) is 11.1. The fourth-order valence-electron chi connectivity index (χ4n) is 1.53. The van der Waals surface area contributed by atoms with Crippen LogP contribution in [0.25, 0.3) is 0 Å². The van der Waals surface area contributed by atoms with E-state index in [4.69, 9.17) is 25.9 Å². The van der Waals surface area contributed by atoms with Crippen molar-refractivity contribution in [2.75, 3.05) is 6.61 Å². The van der Waals surface area contributed by atoms with E-state index in [0.29, 0.717) is 0 Å². The minimum atomic E-state index is -1.14. The average Bonchev–Trinajstić information content (AvgIpc) is 2.78. The normalized spacial score (nSPS) is 12.1. The molecular weight excluding hydrogens is 275 g/mol. The molecule has 4 nitrogen and oxygen atoms in total. The molecule has 0 saturated carbocycles.